The van der Waals surface area contributed by atoms with E-state index in [0.717, 1.165) is 17.5 Å². The molecule has 2 aliphatic rings. The van der Waals surface area contributed by atoms with Gasteiger partial charge >= 0.3 is 6.03 Å². The molecular formula is C20H30N2O2. The van der Waals surface area contributed by atoms with E-state index in [4.69, 9.17) is 5.73 Å². The molecule has 1 heterocycles. The highest BCUT2D eigenvalue weighted by Crippen LogP contribution is 2.49. The van der Waals surface area contributed by atoms with Gasteiger partial charge in [0.05, 0.1) is 6.10 Å². The summed E-state index contributed by atoms with van der Waals surface area (Å²) >= 11 is 0. The minimum atomic E-state index is -0.422. The molecule has 4 heteroatoms. The Kier molecular flexibility index (Phi) is 4.60. The van der Waals surface area contributed by atoms with Gasteiger partial charge in [-0.15, -0.1) is 0 Å². The molecule has 3 N–H and O–H groups in total. The van der Waals surface area contributed by atoms with E-state index in [1.165, 1.54) is 24.8 Å². The average molecular weight is 330 g/mol. The van der Waals surface area contributed by atoms with Gasteiger partial charge in [0.2, 0.25) is 0 Å². The zero-order valence-electron chi connectivity index (χ0n) is 15.1. The van der Waals surface area contributed by atoms with Crippen LogP contribution in [0.25, 0.3) is 0 Å². The molecule has 0 bridgehead atoms. The van der Waals surface area contributed by atoms with E-state index >= 15 is 0 Å². The van der Waals surface area contributed by atoms with Crippen molar-refractivity contribution < 1.29 is 9.90 Å². The van der Waals surface area contributed by atoms with Crippen LogP contribution >= 0.6 is 0 Å². The van der Waals surface area contributed by atoms with E-state index in [1.807, 2.05) is 6.07 Å². The van der Waals surface area contributed by atoms with Crippen molar-refractivity contribution in [2.45, 2.75) is 59.1 Å². The Balaban J connectivity index is 1.84. The summed E-state index contributed by atoms with van der Waals surface area (Å²) in [6, 6.07) is 5.88. The first-order valence-corrected chi connectivity index (χ1v) is 9.14. The summed E-state index contributed by atoms with van der Waals surface area (Å²) in [5, 5.41) is 11.1. The fourth-order valence-corrected chi connectivity index (χ4v) is 4.89. The monoisotopic (exact) mass is 330 g/mol. The smallest absolute Gasteiger partial charge is 0.315 e. The van der Waals surface area contributed by atoms with Gasteiger partial charge in [0.25, 0.3) is 0 Å². The second kappa shape index (κ2) is 6.40. The van der Waals surface area contributed by atoms with E-state index in [2.05, 4.69) is 32.9 Å². The third-order valence-corrected chi connectivity index (χ3v) is 6.23. The highest BCUT2D eigenvalue weighted by molar-refractivity contribution is 5.72. The number of benzene rings is 1. The second-order valence-corrected chi connectivity index (χ2v) is 8.37. The molecular weight excluding hydrogens is 300 g/mol. The van der Waals surface area contributed by atoms with Gasteiger partial charge in [-0.3, -0.25) is 0 Å². The van der Waals surface area contributed by atoms with Crippen LogP contribution in [0.4, 0.5) is 4.79 Å². The molecule has 132 valence electrons. The van der Waals surface area contributed by atoms with Crippen LogP contribution in [0, 0.1) is 17.3 Å². The number of carbonyl (C=O) groups is 1. The van der Waals surface area contributed by atoms with Crippen molar-refractivity contribution in [1.82, 2.24) is 4.90 Å². The van der Waals surface area contributed by atoms with Crippen LogP contribution in [0.1, 0.15) is 62.8 Å². The van der Waals surface area contributed by atoms with Crippen LogP contribution < -0.4 is 5.73 Å². The van der Waals surface area contributed by atoms with E-state index in [-0.39, 0.29) is 17.4 Å². The predicted molar refractivity (Wildman–Crippen MR) is 95.4 cm³/mol. The lowest BCUT2D eigenvalue weighted by molar-refractivity contribution is -0.0293. The zero-order chi connectivity index (χ0) is 17.5. The average Bonchev–Trinajstić information content (AvgIpc) is 2.52. The molecule has 1 fully saturated rings. The van der Waals surface area contributed by atoms with Gasteiger partial charge in [-0.2, -0.15) is 0 Å². The van der Waals surface area contributed by atoms with Gasteiger partial charge < -0.3 is 15.7 Å². The quantitative estimate of drug-likeness (QED) is 0.870. The fourth-order valence-electron chi connectivity index (χ4n) is 4.89. The maximum atomic E-state index is 11.4. The number of carbonyl (C=O) groups excluding carboxylic acids is 1. The van der Waals surface area contributed by atoms with Gasteiger partial charge in [-0.05, 0) is 46.8 Å². The number of primary amides is 1. The van der Waals surface area contributed by atoms with Crippen molar-refractivity contribution in [3.63, 3.8) is 0 Å². The minimum absolute atomic E-state index is 0.162. The van der Waals surface area contributed by atoms with Crippen molar-refractivity contribution in [3.8, 4) is 0 Å². The van der Waals surface area contributed by atoms with E-state index in [0.29, 0.717) is 19.0 Å². The van der Waals surface area contributed by atoms with E-state index in [9.17, 15) is 9.90 Å². The van der Waals surface area contributed by atoms with Crippen molar-refractivity contribution in [3.05, 3.63) is 34.9 Å². The number of nitrogens with two attached hydrogens (primary N) is 1. The highest BCUT2D eigenvalue weighted by Gasteiger charge is 2.41. The standard InChI is InChI=1S/C20H30N2O2/c1-13-5-4-9-20(2,3)17(13)18(23)15-6-7-16-12-22(19(21)24)10-8-14(16)11-15/h6-7,11,13,17-18,23H,4-5,8-10,12H2,1-3H3,(H2,21,24)/t13?,17-,18?/m1/s1. The largest absolute Gasteiger partial charge is 0.388 e. The number of rotatable bonds is 2. The van der Waals surface area contributed by atoms with Crippen molar-refractivity contribution >= 4 is 6.03 Å². The summed E-state index contributed by atoms with van der Waals surface area (Å²) in [7, 11) is 0. The first-order valence-electron chi connectivity index (χ1n) is 9.14. The van der Waals surface area contributed by atoms with Crippen LogP contribution in [0.15, 0.2) is 18.2 Å². The number of aliphatic hydroxyl groups excluding tert-OH is 1. The molecule has 1 saturated carbocycles. The molecule has 24 heavy (non-hydrogen) atoms. The Labute approximate surface area is 145 Å². The van der Waals surface area contributed by atoms with E-state index in [1.54, 1.807) is 4.90 Å². The molecule has 1 aromatic carbocycles. The molecule has 4 nitrogen and oxygen atoms in total. The number of aliphatic hydroxyl groups is 1. The molecule has 0 aromatic heterocycles. The summed E-state index contributed by atoms with van der Waals surface area (Å²) in [5.74, 6) is 0.820. The molecule has 3 atom stereocenters. The Morgan fingerprint density at radius 3 is 2.79 bits per heavy atom. The van der Waals surface area contributed by atoms with Crippen LogP contribution in [-0.2, 0) is 13.0 Å². The zero-order valence-corrected chi connectivity index (χ0v) is 15.1. The number of fused-ring (bicyclic) bond motifs is 1. The summed E-state index contributed by atoms with van der Waals surface area (Å²) in [6.07, 6.45) is 4.02. The van der Waals surface area contributed by atoms with Gasteiger partial charge in [0, 0.05) is 13.1 Å². The van der Waals surface area contributed by atoms with Crippen molar-refractivity contribution in [1.29, 1.82) is 0 Å². The molecule has 0 spiro atoms. The Hall–Kier alpha value is -1.55. The Bertz CT molecular complexity index is 626. The Morgan fingerprint density at radius 2 is 2.12 bits per heavy atom. The highest BCUT2D eigenvalue weighted by atomic mass is 16.3. The van der Waals surface area contributed by atoms with Crippen molar-refractivity contribution in [2.24, 2.45) is 23.0 Å². The second-order valence-electron chi connectivity index (χ2n) is 8.37. The molecule has 1 aromatic rings. The third-order valence-electron chi connectivity index (χ3n) is 6.23. The molecule has 1 aliphatic heterocycles. The van der Waals surface area contributed by atoms with Crippen LogP contribution in [0.2, 0.25) is 0 Å². The lowest BCUT2D eigenvalue weighted by atomic mass is 9.61. The summed E-state index contributed by atoms with van der Waals surface area (Å²) < 4.78 is 0. The van der Waals surface area contributed by atoms with E-state index < -0.39 is 6.10 Å². The normalized spacial score (nSPS) is 27.4. The molecule has 2 amide bonds. The van der Waals surface area contributed by atoms with Gasteiger partial charge in [-0.1, -0.05) is 51.8 Å². The van der Waals surface area contributed by atoms with Crippen LogP contribution in [0.3, 0.4) is 0 Å². The number of amides is 2. The maximum absolute atomic E-state index is 11.4. The number of urea groups is 1. The lowest BCUT2D eigenvalue weighted by Gasteiger charge is -2.45. The first-order chi connectivity index (χ1) is 11.3. The third kappa shape index (κ3) is 3.16. The minimum Gasteiger partial charge on any atom is -0.388 e. The van der Waals surface area contributed by atoms with Gasteiger partial charge in [-0.25, -0.2) is 4.79 Å². The predicted octanol–water partition coefficient (Wildman–Crippen LogP) is 3.62. The SMILES string of the molecule is CC1CCCC(C)(C)[C@H]1C(O)c1ccc2c(c1)CCN(C(N)=O)C2. The number of nitrogens with zero attached hydrogens (tertiary/aromatic N) is 1. The molecule has 0 radical (unpaired) electrons. The van der Waals surface area contributed by atoms with Crippen LogP contribution in [-0.4, -0.2) is 22.6 Å². The lowest BCUT2D eigenvalue weighted by Crippen LogP contribution is -2.40. The Morgan fingerprint density at radius 1 is 1.38 bits per heavy atom. The van der Waals surface area contributed by atoms with Gasteiger partial charge in [0.15, 0.2) is 0 Å². The van der Waals surface area contributed by atoms with Crippen LogP contribution in [0.5, 0.6) is 0 Å². The number of hydrogen-bond donors (Lipinski definition) is 2. The number of hydrogen-bond acceptors (Lipinski definition) is 2. The maximum Gasteiger partial charge on any atom is 0.315 e. The summed E-state index contributed by atoms with van der Waals surface area (Å²) in [5.41, 5.74) is 8.96. The molecule has 3 rings (SSSR count). The molecule has 2 unspecified atom stereocenters. The first kappa shape index (κ1) is 17.3. The molecule has 0 saturated heterocycles. The van der Waals surface area contributed by atoms with Gasteiger partial charge in [0.1, 0.15) is 0 Å². The topological polar surface area (TPSA) is 66.6 Å². The molecule has 1 aliphatic carbocycles. The van der Waals surface area contributed by atoms with Crippen molar-refractivity contribution in [2.75, 3.05) is 6.54 Å². The summed E-state index contributed by atoms with van der Waals surface area (Å²) in [6.45, 7) is 8.09. The fraction of sp³-hybridized carbons (Fsp3) is 0.650. The summed E-state index contributed by atoms with van der Waals surface area (Å²) in [4.78, 5) is 13.0.